The van der Waals surface area contributed by atoms with Crippen molar-refractivity contribution in [3.63, 3.8) is 0 Å². The number of rotatable bonds is 4. The van der Waals surface area contributed by atoms with E-state index in [1.807, 2.05) is 20.8 Å². The van der Waals surface area contributed by atoms with Crippen LogP contribution in [-0.2, 0) is 10.0 Å². The molecular weight excluding hydrogens is 250 g/mol. The first-order valence-corrected chi connectivity index (χ1v) is 8.08. The molecule has 1 heterocycles. The van der Waals surface area contributed by atoms with Gasteiger partial charge in [0.25, 0.3) is 0 Å². The van der Waals surface area contributed by atoms with E-state index >= 15 is 0 Å². The second-order valence-corrected chi connectivity index (χ2v) is 8.25. The highest BCUT2D eigenvalue weighted by atomic mass is 32.2. The first kappa shape index (κ1) is 15.4. The number of hydrogen-bond donors (Lipinski definition) is 2. The maximum Gasteiger partial charge on any atom is 0.214 e. The van der Waals surface area contributed by atoms with E-state index in [0.29, 0.717) is 19.4 Å². The van der Waals surface area contributed by atoms with Crippen LogP contribution in [0.3, 0.4) is 0 Å². The first-order chi connectivity index (χ1) is 8.13. The minimum Gasteiger partial charge on any atom is -0.386 e. The monoisotopic (exact) mass is 275 g/mol. The molecular formula is C12H25N3O2S. The Labute approximate surface area is 110 Å². The second-order valence-electron chi connectivity index (χ2n) is 6.20. The SMILES string of the molecule is CC(C)(C)CCS(=O)(=O)N1CCCCC1C(=N)N. The Morgan fingerprint density at radius 2 is 2.00 bits per heavy atom. The molecule has 0 radical (unpaired) electrons. The molecule has 18 heavy (non-hydrogen) atoms. The summed E-state index contributed by atoms with van der Waals surface area (Å²) in [4.78, 5) is 0. The van der Waals surface area contributed by atoms with Gasteiger partial charge in [-0.05, 0) is 24.7 Å². The molecule has 3 N–H and O–H groups in total. The van der Waals surface area contributed by atoms with Gasteiger partial charge in [0.15, 0.2) is 0 Å². The van der Waals surface area contributed by atoms with Crippen LogP contribution in [0.15, 0.2) is 0 Å². The van der Waals surface area contributed by atoms with Gasteiger partial charge in [0.1, 0.15) is 5.84 Å². The normalized spacial score (nSPS) is 22.9. The fourth-order valence-corrected chi connectivity index (χ4v) is 4.22. The average Bonchev–Trinajstić information content (AvgIpc) is 2.26. The fourth-order valence-electron chi connectivity index (χ4n) is 2.10. The quantitative estimate of drug-likeness (QED) is 0.602. The van der Waals surface area contributed by atoms with E-state index in [2.05, 4.69) is 0 Å². The number of piperidine rings is 1. The summed E-state index contributed by atoms with van der Waals surface area (Å²) in [6.07, 6.45) is 3.09. The molecule has 1 aliphatic heterocycles. The van der Waals surface area contributed by atoms with Crippen molar-refractivity contribution in [3.8, 4) is 0 Å². The minimum atomic E-state index is -3.30. The molecule has 106 valence electrons. The van der Waals surface area contributed by atoms with Crippen LogP contribution in [0.5, 0.6) is 0 Å². The molecule has 0 aromatic heterocycles. The van der Waals surface area contributed by atoms with E-state index in [1.165, 1.54) is 4.31 Å². The van der Waals surface area contributed by atoms with Gasteiger partial charge >= 0.3 is 0 Å². The van der Waals surface area contributed by atoms with Gasteiger partial charge in [-0.1, -0.05) is 27.2 Å². The Balaban J connectivity index is 2.78. The molecule has 0 aromatic carbocycles. The van der Waals surface area contributed by atoms with Gasteiger partial charge in [-0.25, -0.2) is 8.42 Å². The van der Waals surface area contributed by atoms with Crippen LogP contribution in [0.1, 0.15) is 46.5 Å². The smallest absolute Gasteiger partial charge is 0.214 e. The van der Waals surface area contributed by atoms with Gasteiger partial charge in [-0.15, -0.1) is 0 Å². The lowest BCUT2D eigenvalue weighted by Gasteiger charge is -2.34. The van der Waals surface area contributed by atoms with Gasteiger partial charge in [0, 0.05) is 6.54 Å². The Kier molecular flexibility index (Phi) is 4.78. The van der Waals surface area contributed by atoms with Crippen molar-refractivity contribution < 1.29 is 8.42 Å². The largest absolute Gasteiger partial charge is 0.386 e. The predicted octanol–water partition coefficient (Wildman–Crippen LogP) is 1.54. The summed E-state index contributed by atoms with van der Waals surface area (Å²) in [5.41, 5.74) is 5.51. The molecule has 1 saturated heterocycles. The van der Waals surface area contributed by atoms with Crippen molar-refractivity contribution in [1.82, 2.24) is 4.31 Å². The third kappa shape index (κ3) is 4.24. The van der Waals surface area contributed by atoms with Crippen LogP contribution >= 0.6 is 0 Å². The number of nitrogens with two attached hydrogens (primary N) is 1. The minimum absolute atomic E-state index is 0.00538. The Morgan fingerprint density at radius 3 is 2.50 bits per heavy atom. The third-order valence-electron chi connectivity index (χ3n) is 3.28. The molecule has 0 saturated carbocycles. The summed E-state index contributed by atoms with van der Waals surface area (Å²) in [5.74, 6) is 0.106. The molecule has 1 aliphatic rings. The molecule has 1 fully saturated rings. The zero-order chi connectivity index (χ0) is 14.0. The van der Waals surface area contributed by atoms with Crippen LogP contribution in [0.4, 0.5) is 0 Å². The van der Waals surface area contributed by atoms with E-state index in [0.717, 1.165) is 12.8 Å². The Hall–Kier alpha value is -0.620. The zero-order valence-electron chi connectivity index (χ0n) is 11.6. The van der Waals surface area contributed by atoms with Crippen molar-refractivity contribution >= 4 is 15.9 Å². The molecule has 0 amide bonds. The molecule has 0 spiro atoms. The Morgan fingerprint density at radius 1 is 1.39 bits per heavy atom. The maximum absolute atomic E-state index is 12.3. The highest BCUT2D eigenvalue weighted by molar-refractivity contribution is 7.89. The number of nitrogens with one attached hydrogen (secondary N) is 1. The van der Waals surface area contributed by atoms with Gasteiger partial charge in [0.2, 0.25) is 10.0 Å². The average molecular weight is 275 g/mol. The van der Waals surface area contributed by atoms with Crippen LogP contribution in [0, 0.1) is 10.8 Å². The molecule has 0 bridgehead atoms. The van der Waals surface area contributed by atoms with Crippen molar-refractivity contribution in [1.29, 1.82) is 5.41 Å². The van der Waals surface area contributed by atoms with Crippen LogP contribution in [0.2, 0.25) is 0 Å². The van der Waals surface area contributed by atoms with E-state index in [1.54, 1.807) is 0 Å². The summed E-state index contributed by atoms with van der Waals surface area (Å²) >= 11 is 0. The predicted molar refractivity (Wildman–Crippen MR) is 74.1 cm³/mol. The number of hydrogen-bond acceptors (Lipinski definition) is 3. The van der Waals surface area contributed by atoms with Crippen molar-refractivity contribution in [2.24, 2.45) is 11.1 Å². The van der Waals surface area contributed by atoms with E-state index < -0.39 is 16.1 Å². The standard InChI is InChI=1S/C12H25N3O2S/c1-12(2,3)7-9-18(16,17)15-8-5-4-6-10(15)11(13)14/h10H,4-9H2,1-3H3,(H3,13,14). The van der Waals surface area contributed by atoms with Crippen molar-refractivity contribution in [2.75, 3.05) is 12.3 Å². The van der Waals surface area contributed by atoms with E-state index in [4.69, 9.17) is 11.1 Å². The van der Waals surface area contributed by atoms with Crippen LogP contribution in [-0.4, -0.2) is 36.9 Å². The molecule has 5 nitrogen and oxygen atoms in total. The molecule has 1 atom stereocenters. The lowest BCUT2D eigenvalue weighted by molar-refractivity contribution is 0.300. The van der Waals surface area contributed by atoms with Gasteiger partial charge in [0.05, 0.1) is 11.8 Å². The molecule has 0 aromatic rings. The third-order valence-corrected chi connectivity index (χ3v) is 5.15. The zero-order valence-corrected chi connectivity index (χ0v) is 12.4. The molecule has 0 aliphatic carbocycles. The number of sulfonamides is 1. The van der Waals surface area contributed by atoms with Crippen molar-refractivity contribution in [2.45, 2.75) is 52.5 Å². The fraction of sp³-hybridized carbons (Fsp3) is 0.917. The number of nitrogens with zero attached hydrogens (tertiary/aromatic N) is 1. The highest BCUT2D eigenvalue weighted by Gasteiger charge is 2.34. The van der Waals surface area contributed by atoms with Gasteiger partial charge in [-0.2, -0.15) is 4.31 Å². The molecule has 1 unspecified atom stereocenters. The summed E-state index contributed by atoms with van der Waals surface area (Å²) < 4.78 is 26.1. The lowest BCUT2D eigenvalue weighted by atomic mass is 9.94. The second kappa shape index (κ2) is 5.57. The summed E-state index contributed by atoms with van der Waals surface area (Å²) in [7, 11) is -3.30. The van der Waals surface area contributed by atoms with Crippen molar-refractivity contribution in [3.05, 3.63) is 0 Å². The Bertz CT molecular complexity index is 398. The topological polar surface area (TPSA) is 87.2 Å². The highest BCUT2D eigenvalue weighted by Crippen LogP contribution is 2.24. The first-order valence-electron chi connectivity index (χ1n) is 6.47. The molecule has 6 heteroatoms. The molecule has 1 rings (SSSR count). The summed E-state index contributed by atoms with van der Waals surface area (Å²) in [5, 5.41) is 7.53. The number of amidine groups is 1. The van der Waals surface area contributed by atoms with Crippen LogP contribution < -0.4 is 5.73 Å². The summed E-state index contributed by atoms with van der Waals surface area (Å²) in [6.45, 7) is 6.58. The van der Waals surface area contributed by atoms with Gasteiger partial charge in [-0.3, -0.25) is 5.41 Å². The van der Waals surface area contributed by atoms with Gasteiger partial charge < -0.3 is 5.73 Å². The lowest BCUT2D eigenvalue weighted by Crippen LogP contribution is -2.51. The van der Waals surface area contributed by atoms with E-state index in [9.17, 15) is 8.42 Å². The summed E-state index contributed by atoms with van der Waals surface area (Å²) in [6, 6.07) is -0.427. The van der Waals surface area contributed by atoms with E-state index in [-0.39, 0.29) is 17.0 Å². The van der Waals surface area contributed by atoms with Crippen LogP contribution in [0.25, 0.3) is 0 Å². The maximum atomic E-state index is 12.3.